The molecule has 0 aliphatic carbocycles. The molecule has 1 saturated heterocycles. The number of carbonyl (C=O) groups excluding carboxylic acids is 1. The standard InChI is InChI=1S/C24H25F3N4O/c1-23(2,3)22(32)28-17-11-12-31(14-17)21-20(29-18-9-4-5-10-19(18)30-21)15-7-6-8-16(13-15)24(25,26)27/h4-10,13,17H,11-12,14H2,1-3H3,(H,28,32). The summed E-state index contributed by atoms with van der Waals surface area (Å²) in [5, 5.41) is 3.07. The molecule has 8 heteroatoms. The molecule has 0 saturated carbocycles. The molecule has 4 rings (SSSR count). The van der Waals surface area contributed by atoms with Gasteiger partial charge in [0.25, 0.3) is 0 Å². The zero-order valence-electron chi connectivity index (χ0n) is 18.2. The van der Waals surface area contributed by atoms with Gasteiger partial charge in [-0.05, 0) is 30.7 Å². The van der Waals surface area contributed by atoms with Crippen LogP contribution in [0, 0.1) is 5.41 Å². The number of amides is 1. The molecule has 1 unspecified atom stereocenters. The van der Waals surface area contributed by atoms with Gasteiger partial charge in [0, 0.05) is 30.1 Å². The van der Waals surface area contributed by atoms with E-state index in [1.165, 1.54) is 6.07 Å². The Kier molecular flexibility index (Phi) is 5.56. The number of hydrogen-bond donors (Lipinski definition) is 1. The largest absolute Gasteiger partial charge is 0.416 e. The molecule has 168 valence electrons. The van der Waals surface area contributed by atoms with Crippen LogP contribution in [0.25, 0.3) is 22.3 Å². The fourth-order valence-electron chi connectivity index (χ4n) is 3.72. The third-order valence-electron chi connectivity index (χ3n) is 5.52. The number of nitrogens with zero attached hydrogens (tertiary/aromatic N) is 3. The van der Waals surface area contributed by atoms with Gasteiger partial charge in [-0.15, -0.1) is 0 Å². The maximum Gasteiger partial charge on any atom is 0.416 e. The minimum absolute atomic E-state index is 0.0351. The van der Waals surface area contributed by atoms with Gasteiger partial charge in [0.2, 0.25) is 5.91 Å². The second kappa shape index (κ2) is 8.07. The van der Waals surface area contributed by atoms with Gasteiger partial charge in [-0.3, -0.25) is 4.79 Å². The second-order valence-corrected chi connectivity index (χ2v) is 9.12. The highest BCUT2D eigenvalue weighted by Crippen LogP contribution is 2.36. The Labute approximate surface area is 184 Å². The Morgan fingerprint density at radius 3 is 2.38 bits per heavy atom. The van der Waals surface area contributed by atoms with E-state index in [2.05, 4.69) is 10.3 Å². The number of carbonyl (C=O) groups is 1. The number of alkyl halides is 3. The van der Waals surface area contributed by atoms with Gasteiger partial charge in [-0.1, -0.05) is 45.0 Å². The molecule has 32 heavy (non-hydrogen) atoms. The van der Waals surface area contributed by atoms with Crippen molar-refractivity contribution < 1.29 is 18.0 Å². The summed E-state index contributed by atoms with van der Waals surface area (Å²) in [6.45, 7) is 6.70. The molecule has 1 aliphatic rings. The van der Waals surface area contributed by atoms with Crippen molar-refractivity contribution in [2.24, 2.45) is 5.41 Å². The molecule has 2 heterocycles. The molecule has 1 aliphatic heterocycles. The number of benzene rings is 2. The van der Waals surface area contributed by atoms with Crippen LogP contribution in [0.1, 0.15) is 32.8 Å². The molecule has 2 aromatic carbocycles. The quantitative estimate of drug-likeness (QED) is 0.616. The highest BCUT2D eigenvalue weighted by Gasteiger charge is 2.33. The maximum atomic E-state index is 13.3. The average molecular weight is 442 g/mol. The van der Waals surface area contributed by atoms with E-state index in [1.54, 1.807) is 12.1 Å². The van der Waals surface area contributed by atoms with E-state index in [-0.39, 0.29) is 11.9 Å². The first kappa shape index (κ1) is 22.0. The van der Waals surface area contributed by atoms with Crippen LogP contribution in [0.2, 0.25) is 0 Å². The predicted octanol–water partition coefficient (Wildman–Crippen LogP) is 5.06. The smallest absolute Gasteiger partial charge is 0.353 e. The number of nitrogens with one attached hydrogen (secondary N) is 1. The normalized spacial score (nSPS) is 17.1. The van der Waals surface area contributed by atoms with Gasteiger partial charge in [-0.25, -0.2) is 9.97 Å². The summed E-state index contributed by atoms with van der Waals surface area (Å²) in [4.78, 5) is 23.8. The van der Waals surface area contributed by atoms with E-state index >= 15 is 0 Å². The number of fused-ring (bicyclic) bond motifs is 1. The summed E-state index contributed by atoms with van der Waals surface area (Å²) < 4.78 is 40.0. The van der Waals surface area contributed by atoms with Crippen LogP contribution in [0.3, 0.4) is 0 Å². The maximum absolute atomic E-state index is 13.3. The van der Waals surface area contributed by atoms with Gasteiger partial charge in [0.1, 0.15) is 5.69 Å². The number of rotatable bonds is 3. The fraction of sp³-hybridized carbons (Fsp3) is 0.375. The summed E-state index contributed by atoms with van der Waals surface area (Å²) in [6.07, 6.45) is -3.73. The van der Waals surface area contributed by atoms with Crippen molar-refractivity contribution in [2.45, 2.75) is 39.4 Å². The molecule has 0 bridgehead atoms. The summed E-state index contributed by atoms with van der Waals surface area (Å²) in [5.41, 5.74) is 0.806. The lowest BCUT2D eigenvalue weighted by molar-refractivity contribution is -0.137. The first-order chi connectivity index (χ1) is 15.0. The van der Waals surface area contributed by atoms with Crippen molar-refractivity contribution in [1.82, 2.24) is 15.3 Å². The van der Waals surface area contributed by atoms with E-state index in [9.17, 15) is 18.0 Å². The van der Waals surface area contributed by atoms with E-state index in [4.69, 9.17) is 4.98 Å². The van der Waals surface area contributed by atoms with Crippen LogP contribution in [-0.2, 0) is 11.0 Å². The molecule has 1 aromatic heterocycles. The Bertz CT molecular complexity index is 1150. The number of para-hydroxylation sites is 2. The molecule has 1 N–H and O–H groups in total. The monoisotopic (exact) mass is 442 g/mol. The lowest BCUT2D eigenvalue weighted by atomic mass is 9.95. The van der Waals surface area contributed by atoms with Crippen molar-refractivity contribution in [3.8, 4) is 11.3 Å². The summed E-state index contributed by atoms with van der Waals surface area (Å²) in [5.74, 6) is 0.488. The SMILES string of the molecule is CC(C)(C)C(=O)NC1CCN(c2nc3ccccc3nc2-c2cccc(C(F)(F)F)c2)C1. The first-order valence-corrected chi connectivity index (χ1v) is 10.5. The zero-order valence-corrected chi connectivity index (χ0v) is 18.2. The Balaban J connectivity index is 1.73. The summed E-state index contributed by atoms with van der Waals surface area (Å²) in [7, 11) is 0. The van der Waals surface area contributed by atoms with Gasteiger partial charge in [0.15, 0.2) is 5.82 Å². The van der Waals surface area contributed by atoms with E-state index in [0.29, 0.717) is 41.2 Å². The third-order valence-corrected chi connectivity index (χ3v) is 5.52. The van der Waals surface area contributed by atoms with Crippen molar-refractivity contribution in [1.29, 1.82) is 0 Å². The molecule has 5 nitrogen and oxygen atoms in total. The third kappa shape index (κ3) is 4.54. The topological polar surface area (TPSA) is 58.1 Å². The minimum atomic E-state index is -4.45. The average Bonchev–Trinajstić information content (AvgIpc) is 3.20. The van der Waals surface area contributed by atoms with Crippen LogP contribution in [-0.4, -0.2) is 35.0 Å². The number of halogens is 3. The van der Waals surface area contributed by atoms with Crippen LogP contribution in [0.5, 0.6) is 0 Å². The molecule has 3 aromatic rings. The molecular weight excluding hydrogens is 417 g/mol. The molecule has 0 spiro atoms. The van der Waals surface area contributed by atoms with Crippen LogP contribution in [0.15, 0.2) is 48.5 Å². The number of hydrogen-bond acceptors (Lipinski definition) is 4. The molecule has 1 atom stereocenters. The Morgan fingerprint density at radius 2 is 1.72 bits per heavy atom. The lowest BCUT2D eigenvalue weighted by Gasteiger charge is -2.23. The highest BCUT2D eigenvalue weighted by atomic mass is 19.4. The minimum Gasteiger partial charge on any atom is -0.353 e. The van der Waals surface area contributed by atoms with Crippen molar-refractivity contribution >= 4 is 22.8 Å². The number of aromatic nitrogens is 2. The molecule has 1 amide bonds. The van der Waals surface area contributed by atoms with E-state index < -0.39 is 17.2 Å². The van der Waals surface area contributed by atoms with Crippen LogP contribution in [0.4, 0.5) is 19.0 Å². The van der Waals surface area contributed by atoms with Gasteiger partial charge < -0.3 is 10.2 Å². The summed E-state index contributed by atoms with van der Waals surface area (Å²) >= 11 is 0. The molecule has 0 radical (unpaired) electrons. The van der Waals surface area contributed by atoms with Crippen molar-refractivity contribution in [3.05, 3.63) is 54.1 Å². The lowest BCUT2D eigenvalue weighted by Crippen LogP contribution is -2.43. The fourth-order valence-corrected chi connectivity index (χ4v) is 3.72. The predicted molar refractivity (Wildman–Crippen MR) is 118 cm³/mol. The van der Waals surface area contributed by atoms with Crippen LogP contribution >= 0.6 is 0 Å². The Morgan fingerprint density at radius 1 is 1.03 bits per heavy atom. The first-order valence-electron chi connectivity index (χ1n) is 10.5. The Hall–Kier alpha value is -3.16. The van der Waals surface area contributed by atoms with Gasteiger partial charge >= 0.3 is 6.18 Å². The van der Waals surface area contributed by atoms with Gasteiger partial charge in [-0.2, -0.15) is 13.2 Å². The highest BCUT2D eigenvalue weighted by molar-refractivity contribution is 5.84. The van der Waals surface area contributed by atoms with Crippen molar-refractivity contribution in [2.75, 3.05) is 18.0 Å². The van der Waals surface area contributed by atoms with Crippen molar-refractivity contribution in [3.63, 3.8) is 0 Å². The molecule has 1 fully saturated rings. The van der Waals surface area contributed by atoms with Gasteiger partial charge in [0.05, 0.1) is 16.6 Å². The van der Waals surface area contributed by atoms with Crippen LogP contribution < -0.4 is 10.2 Å². The molecular formula is C24H25F3N4O. The summed E-state index contributed by atoms with van der Waals surface area (Å²) in [6, 6.07) is 12.4. The number of anilines is 1. The van der Waals surface area contributed by atoms with E-state index in [1.807, 2.05) is 43.9 Å². The second-order valence-electron chi connectivity index (χ2n) is 9.12. The van der Waals surface area contributed by atoms with E-state index in [0.717, 1.165) is 18.6 Å². The zero-order chi connectivity index (χ0) is 23.1.